The highest BCUT2D eigenvalue weighted by atomic mass is 16.5. The van der Waals surface area contributed by atoms with Crippen molar-refractivity contribution in [1.29, 1.82) is 0 Å². The molecule has 0 saturated carbocycles. The van der Waals surface area contributed by atoms with E-state index in [2.05, 4.69) is 10.6 Å². The van der Waals surface area contributed by atoms with Gasteiger partial charge in [-0.2, -0.15) is 0 Å². The van der Waals surface area contributed by atoms with E-state index < -0.39 is 12.1 Å². The number of hydrogen-bond donors (Lipinski definition) is 3. The van der Waals surface area contributed by atoms with Crippen molar-refractivity contribution in [2.45, 2.75) is 18.9 Å². The third kappa shape index (κ3) is 4.37. The first-order chi connectivity index (χ1) is 9.49. The van der Waals surface area contributed by atoms with Gasteiger partial charge in [0, 0.05) is 27.2 Å². The van der Waals surface area contributed by atoms with E-state index in [1.807, 2.05) is 0 Å². The number of ether oxygens (including phenoxy) is 1. The number of urea groups is 1. The van der Waals surface area contributed by atoms with Crippen LogP contribution in [-0.2, 0) is 14.3 Å². The lowest BCUT2D eigenvalue weighted by Crippen LogP contribution is -2.50. The number of aliphatic carboxylic acids is 1. The van der Waals surface area contributed by atoms with Crippen LogP contribution in [0.5, 0.6) is 0 Å². The van der Waals surface area contributed by atoms with Crippen molar-refractivity contribution in [2.24, 2.45) is 5.92 Å². The number of nitrogens with zero attached hydrogens (tertiary/aromatic N) is 1. The highest BCUT2D eigenvalue weighted by Gasteiger charge is 2.28. The van der Waals surface area contributed by atoms with Gasteiger partial charge in [0.15, 0.2) is 6.10 Å². The lowest BCUT2D eigenvalue weighted by atomic mass is 9.97. The molecule has 3 N–H and O–H groups in total. The van der Waals surface area contributed by atoms with E-state index in [0.717, 1.165) is 12.8 Å². The molecule has 0 bridgehead atoms. The first kappa shape index (κ1) is 16.2. The molecular weight excluding hydrogens is 266 g/mol. The number of carboxylic acid groups (broad SMARTS) is 1. The Labute approximate surface area is 117 Å². The highest BCUT2D eigenvalue weighted by Crippen LogP contribution is 2.16. The summed E-state index contributed by atoms with van der Waals surface area (Å²) in [5.41, 5.74) is 0. The van der Waals surface area contributed by atoms with E-state index in [-0.39, 0.29) is 24.4 Å². The second kappa shape index (κ2) is 7.68. The average Bonchev–Trinajstić information content (AvgIpc) is 2.46. The molecule has 3 amide bonds. The van der Waals surface area contributed by atoms with Gasteiger partial charge < -0.3 is 25.4 Å². The van der Waals surface area contributed by atoms with Gasteiger partial charge in [0.05, 0.1) is 12.5 Å². The van der Waals surface area contributed by atoms with Crippen LogP contribution in [0.4, 0.5) is 4.79 Å². The predicted molar refractivity (Wildman–Crippen MR) is 70.2 cm³/mol. The Morgan fingerprint density at radius 3 is 2.70 bits per heavy atom. The SMILES string of the molecule is CNC(=O)C1CCCN(C(=O)NCC(OC)C(=O)O)C1. The van der Waals surface area contributed by atoms with Gasteiger partial charge in [-0.3, -0.25) is 4.79 Å². The zero-order chi connectivity index (χ0) is 15.1. The molecule has 0 aliphatic carbocycles. The average molecular weight is 287 g/mol. The number of nitrogens with one attached hydrogen (secondary N) is 2. The Morgan fingerprint density at radius 1 is 1.45 bits per heavy atom. The minimum Gasteiger partial charge on any atom is -0.479 e. The number of piperidine rings is 1. The summed E-state index contributed by atoms with van der Waals surface area (Å²) in [6.45, 7) is 0.798. The predicted octanol–water partition coefficient (Wildman–Crippen LogP) is -0.746. The fraction of sp³-hybridized carbons (Fsp3) is 0.750. The lowest BCUT2D eigenvalue weighted by molar-refractivity contribution is -0.148. The smallest absolute Gasteiger partial charge is 0.334 e. The van der Waals surface area contributed by atoms with E-state index >= 15 is 0 Å². The number of carbonyl (C=O) groups is 3. The molecule has 0 aromatic heterocycles. The van der Waals surface area contributed by atoms with Crippen molar-refractivity contribution < 1.29 is 24.2 Å². The van der Waals surface area contributed by atoms with Gasteiger partial charge in [-0.25, -0.2) is 9.59 Å². The van der Waals surface area contributed by atoms with Gasteiger partial charge >= 0.3 is 12.0 Å². The summed E-state index contributed by atoms with van der Waals surface area (Å²) >= 11 is 0. The molecule has 1 rings (SSSR count). The van der Waals surface area contributed by atoms with Gasteiger partial charge in [0.1, 0.15) is 0 Å². The number of carbonyl (C=O) groups excluding carboxylic acids is 2. The van der Waals surface area contributed by atoms with Crippen molar-refractivity contribution in [3.05, 3.63) is 0 Å². The van der Waals surface area contributed by atoms with Crippen LogP contribution in [-0.4, -0.2) is 67.8 Å². The summed E-state index contributed by atoms with van der Waals surface area (Å²) in [5, 5.41) is 13.9. The fourth-order valence-electron chi connectivity index (χ4n) is 2.14. The van der Waals surface area contributed by atoms with Crippen LogP contribution in [0, 0.1) is 5.92 Å². The zero-order valence-electron chi connectivity index (χ0n) is 11.7. The first-order valence-corrected chi connectivity index (χ1v) is 6.49. The minimum absolute atomic E-state index is 0.0807. The van der Waals surface area contributed by atoms with Crippen molar-refractivity contribution in [3.8, 4) is 0 Å². The third-order valence-corrected chi connectivity index (χ3v) is 3.32. The molecule has 20 heavy (non-hydrogen) atoms. The van der Waals surface area contributed by atoms with E-state index in [0.29, 0.717) is 13.1 Å². The number of amides is 3. The molecule has 1 fully saturated rings. The van der Waals surface area contributed by atoms with Crippen molar-refractivity contribution in [2.75, 3.05) is 33.8 Å². The largest absolute Gasteiger partial charge is 0.479 e. The number of rotatable bonds is 5. The number of hydrogen-bond acceptors (Lipinski definition) is 4. The maximum atomic E-state index is 11.9. The molecule has 8 heteroatoms. The van der Waals surface area contributed by atoms with Gasteiger partial charge in [0.2, 0.25) is 5.91 Å². The quantitative estimate of drug-likeness (QED) is 0.617. The van der Waals surface area contributed by atoms with E-state index in [9.17, 15) is 14.4 Å². The first-order valence-electron chi connectivity index (χ1n) is 6.49. The van der Waals surface area contributed by atoms with Crippen molar-refractivity contribution in [3.63, 3.8) is 0 Å². The molecule has 8 nitrogen and oxygen atoms in total. The maximum absolute atomic E-state index is 11.9. The fourth-order valence-corrected chi connectivity index (χ4v) is 2.14. The standard InChI is InChI=1S/C12H21N3O5/c1-13-10(16)8-4-3-5-15(7-8)12(19)14-6-9(20-2)11(17)18/h8-9H,3-7H2,1-2H3,(H,13,16)(H,14,19)(H,17,18). The van der Waals surface area contributed by atoms with Crippen LogP contribution in [0.2, 0.25) is 0 Å². The molecule has 1 aliphatic rings. The van der Waals surface area contributed by atoms with Crippen LogP contribution in [0.25, 0.3) is 0 Å². The summed E-state index contributed by atoms with van der Waals surface area (Å²) in [7, 11) is 2.84. The molecule has 1 saturated heterocycles. The van der Waals surface area contributed by atoms with E-state index in [1.54, 1.807) is 7.05 Å². The number of carboxylic acids is 1. The molecule has 2 unspecified atom stereocenters. The molecule has 114 valence electrons. The van der Waals surface area contributed by atoms with E-state index in [1.165, 1.54) is 12.0 Å². The summed E-state index contributed by atoms with van der Waals surface area (Å²) in [5.74, 6) is -1.42. The third-order valence-electron chi connectivity index (χ3n) is 3.32. The molecule has 2 atom stereocenters. The molecular formula is C12H21N3O5. The summed E-state index contributed by atoms with van der Waals surface area (Å²) in [4.78, 5) is 35.8. The summed E-state index contributed by atoms with van der Waals surface area (Å²) in [6, 6.07) is -0.373. The Morgan fingerprint density at radius 2 is 2.15 bits per heavy atom. The van der Waals surface area contributed by atoms with Gasteiger partial charge in [-0.1, -0.05) is 0 Å². The molecule has 1 aliphatic heterocycles. The minimum atomic E-state index is -1.13. The Balaban J connectivity index is 2.46. The Kier molecular flexibility index (Phi) is 6.23. The Hall–Kier alpha value is -1.83. The van der Waals surface area contributed by atoms with Crippen LogP contribution < -0.4 is 10.6 Å². The topological polar surface area (TPSA) is 108 Å². The van der Waals surface area contributed by atoms with Gasteiger partial charge in [-0.15, -0.1) is 0 Å². The van der Waals surface area contributed by atoms with Crippen LogP contribution in [0.3, 0.4) is 0 Å². The molecule has 0 aromatic carbocycles. The van der Waals surface area contributed by atoms with Crippen molar-refractivity contribution >= 4 is 17.9 Å². The van der Waals surface area contributed by atoms with Gasteiger partial charge in [-0.05, 0) is 12.8 Å². The normalized spacial score (nSPS) is 20.1. The van der Waals surface area contributed by atoms with Crippen LogP contribution >= 0.6 is 0 Å². The molecule has 1 heterocycles. The number of likely N-dealkylation sites (tertiary alicyclic amines) is 1. The van der Waals surface area contributed by atoms with Crippen LogP contribution in [0.15, 0.2) is 0 Å². The summed E-state index contributed by atoms with van der Waals surface area (Å²) in [6.07, 6.45) is 0.427. The summed E-state index contributed by atoms with van der Waals surface area (Å²) < 4.78 is 4.73. The molecule has 0 aromatic rings. The second-order valence-corrected chi connectivity index (χ2v) is 4.65. The lowest BCUT2D eigenvalue weighted by Gasteiger charge is -2.32. The molecule has 0 radical (unpaired) electrons. The zero-order valence-corrected chi connectivity index (χ0v) is 11.7. The monoisotopic (exact) mass is 287 g/mol. The second-order valence-electron chi connectivity index (χ2n) is 4.65. The maximum Gasteiger partial charge on any atom is 0.334 e. The molecule has 0 spiro atoms. The van der Waals surface area contributed by atoms with Gasteiger partial charge in [0.25, 0.3) is 0 Å². The van der Waals surface area contributed by atoms with E-state index in [4.69, 9.17) is 9.84 Å². The number of methoxy groups -OCH3 is 1. The Bertz CT molecular complexity index is 374. The van der Waals surface area contributed by atoms with Crippen molar-refractivity contribution in [1.82, 2.24) is 15.5 Å². The highest BCUT2D eigenvalue weighted by molar-refractivity contribution is 5.81. The van der Waals surface area contributed by atoms with Crippen LogP contribution in [0.1, 0.15) is 12.8 Å².